The van der Waals surface area contributed by atoms with Crippen LogP contribution in [0.1, 0.15) is 26.3 Å². The minimum atomic E-state index is -1.23. The molecule has 0 aliphatic carbocycles. The van der Waals surface area contributed by atoms with Crippen molar-refractivity contribution in [3.8, 4) is 0 Å². The molecule has 30 heavy (non-hydrogen) atoms. The van der Waals surface area contributed by atoms with Crippen LogP contribution in [0.5, 0.6) is 0 Å². The number of carbonyl (C=O) groups is 3. The van der Waals surface area contributed by atoms with Crippen molar-refractivity contribution in [3.05, 3.63) is 77.4 Å². The zero-order valence-electron chi connectivity index (χ0n) is 16.0. The Morgan fingerprint density at radius 2 is 1.17 bits per heavy atom. The monoisotopic (exact) mass is 420 g/mol. The van der Waals surface area contributed by atoms with Gasteiger partial charge in [0.05, 0.1) is 37.6 Å². The third kappa shape index (κ3) is 12.8. The number of aromatic carboxylic acids is 2. The van der Waals surface area contributed by atoms with Gasteiger partial charge in [0.25, 0.3) is 0 Å². The molecule has 9 nitrogen and oxygen atoms in total. The van der Waals surface area contributed by atoms with Gasteiger partial charge in [-0.1, -0.05) is 42.5 Å². The largest absolute Gasteiger partial charge is 0.478 e. The summed E-state index contributed by atoms with van der Waals surface area (Å²) in [6, 6.07) is 14.8. The predicted octanol–water partition coefficient (Wildman–Crippen LogP) is 1.85. The molecule has 0 fully saturated rings. The fraction of sp³-hybridized carbons (Fsp3) is 0.190. The van der Waals surface area contributed by atoms with Gasteiger partial charge in [0.2, 0.25) is 0 Å². The molecule has 0 saturated heterocycles. The molecule has 0 saturated carbocycles. The Morgan fingerprint density at radius 3 is 1.53 bits per heavy atom. The van der Waals surface area contributed by atoms with Crippen LogP contribution in [0.15, 0.2) is 60.7 Å². The Labute approximate surface area is 173 Å². The van der Waals surface area contributed by atoms with E-state index in [1.807, 2.05) is 30.3 Å². The van der Waals surface area contributed by atoms with Crippen molar-refractivity contribution >= 4 is 24.0 Å². The zero-order chi connectivity index (χ0) is 22.8. The Balaban J connectivity index is 0.000000437. The number of carboxylic acid groups (broad SMARTS) is 3. The van der Waals surface area contributed by atoms with Crippen molar-refractivity contribution in [2.75, 3.05) is 26.4 Å². The van der Waals surface area contributed by atoms with Gasteiger partial charge in [-0.25, -0.2) is 14.4 Å². The topological polar surface area (TPSA) is 162 Å². The lowest BCUT2D eigenvalue weighted by atomic mass is 10.1. The molecular weight excluding hydrogens is 396 g/mol. The summed E-state index contributed by atoms with van der Waals surface area (Å²) in [7, 11) is 0. The quantitative estimate of drug-likeness (QED) is 0.317. The molecule has 162 valence electrons. The Bertz CT molecular complexity index is 764. The first-order valence-electron chi connectivity index (χ1n) is 8.64. The normalized spacial score (nSPS) is 9.67. The van der Waals surface area contributed by atoms with E-state index in [1.165, 1.54) is 24.3 Å². The first kappa shape index (κ1) is 26.5. The van der Waals surface area contributed by atoms with Crippen LogP contribution in [0.4, 0.5) is 0 Å². The molecule has 2 aromatic rings. The third-order valence-corrected chi connectivity index (χ3v) is 3.08. The van der Waals surface area contributed by atoms with Gasteiger partial charge in [-0.15, -0.1) is 0 Å². The van der Waals surface area contributed by atoms with Crippen molar-refractivity contribution in [1.29, 1.82) is 0 Å². The minimum Gasteiger partial charge on any atom is -0.478 e. The van der Waals surface area contributed by atoms with Gasteiger partial charge in [0.15, 0.2) is 0 Å². The predicted molar refractivity (Wildman–Crippen MR) is 108 cm³/mol. The molecule has 0 heterocycles. The van der Waals surface area contributed by atoms with Crippen LogP contribution >= 0.6 is 0 Å². The van der Waals surface area contributed by atoms with Crippen LogP contribution < -0.4 is 0 Å². The number of benzene rings is 2. The number of hydrogen-bond acceptors (Lipinski definition) is 6. The van der Waals surface area contributed by atoms with E-state index in [4.69, 9.17) is 25.5 Å². The van der Waals surface area contributed by atoms with Crippen molar-refractivity contribution in [3.63, 3.8) is 0 Å². The Hall–Kier alpha value is -3.53. The Morgan fingerprint density at radius 1 is 0.733 bits per heavy atom. The molecule has 2 rings (SSSR count). The standard InChI is InChI=1S/C9H8O2.C8H6O4.C4H10O3/c10-9(11)7-6-8-4-2-1-3-5-8;9-7(10)5-3-1-2-4-6(5)8(11)12;5-1-3-7-4-2-6/h1-7H,(H,10,11);1-4H,(H,9,10)(H,11,12);5-6H,1-4H2. The maximum Gasteiger partial charge on any atom is 0.336 e. The number of hydrogen-bond donors (Lipinski definition) is 5. The van der Waals surface area contributed by atoms with Crippen molar-refractivity contribution in [2.45, 2.75) is 0 Å². The maximum atomic E-state index is 10.5. The average molecular weight is 420 g/mol. The summed E-state index contributed by atoms with van der Waals surface area (Å²) in [5.41, 5.74) is 0.518. The summed E-state index contributed by atoms with van der Waals surface area (Å²) in [5, 5.41) is 41.6. The number of aliphatic hydroxyl groups is 2. The number of aliphatic carboxylic acids is 1. The molecule has 2 aromatic carbocycles. The van der Waals surface area contributed by atoms with Gasteiger partial charge < -0.3 is 30.3 Å². The van der Waals surface area contributed by atoms with Crippen molar-refractivity contribution in [2.24, 2.45) is 0 Å². The summed E-state index contributed by atoms with van der Waals surface area (Å²) < 4.78 is 4.63. The fourth-order valence-electron chi connectivity index (χ4n) is 1.82. The number of carboxylic acids is 3. The molecule has 0 radical (unpaired) electrons. The van der Waals surface area contributed by atoms with Crippen LogP contribution in [0.25, 0.3) is 6.08 Å². The number of ether oxygens (including phenoxy) is 1. The lowest BCUT2D eigenvalue weighted by molar-refractivity contribution is -0.131. The molecule has 0 atom stereocenters. The van der Waals surface area contributed by atoms with Gasteiger partial charge in [-0.05, 0) is 23.8 Å². The number of aliphatic hydroxyl groups excluding tert-OH is 2. The van der Waals surface area contributed by atoms with E-state index in [-0.39, 0.29) is 24.3 Å². The summed E-state index contributed by atoms with van der Waals surface area (Å²) in [5.74, 6) is -3.38. The van der Waals surface area contributed by atoms with E-state index in [2.05, 4.69) is 4.74 Å². The van der Waals surface area contributed by atoms with Gasteiger partial charge >= 0.3 is 17.9 Å². The van der Waals surface area contributed by atoms with E-state index in [1.54, 1.807) is 6.08 Å². The van der Waals surface area contributed by atoms with Gasteiger partial charge in [0, 0.05) is 6.08 Å². The highest BCUT2D eigenvalue weighted by Gasteiger charge is 2.13. The number of rotatable bonds is 8. The van der Waals surface area contributed by atoms with Gasteiger partial charge in [-0.3, -0.25) is 0 Å². The SMILES string of the molecule is O=C(O)C=Cc1ccccc1.O=C(O)c1ccccc1C(=O)O.OCCOCCO. The van der Waals surface area contributed by atoms with Crippen LogP contribution in [-0.4, -0.2) is 69.9 Å². The summed E-state index contributed by atoms with van der Waals surface area (Å²) in [6.45, 7) is 0.696. The molecule has 0 aromatic heterocycles. The zero-order valence-corrected chi connectivity index (χ0v) is 16.0. The second kappa shape index (κ2) is 16.4. The van der Waals surface area contributed by atoms with E-state index in [9.17, 15) is 14.4 Å². The van der Waals surface area contributed by atoms with E-state index in [0.29, 0.717) is 13.2 Å². The van der Waals surface area contributed by atoms with Crippen molar-refractivity contribution in [1.82, 2.24) is 0 Å². The van der Waals surface area contributed by atoms with Crippen molar-refractivity contribution < 1.29 is 44.7 Å². The molecule has 0 amide bonds. The van der Waals surface area contributed by atoms with Crippen LogP contribution in [-0.2, 0) is 9.53 Å². The highest BCUT2D eigenvalue weighted by atomic mass is 16.5. The lowest BCUT2D eigenvalue weighted by Crippen LogP contribution is -2.06. The fourth-order valence-corrected chi connectivity index (χ4v) is 1.82. The maximum absolute atomic E-state index is 10.5. The van der Waals surface area contributed by atoms with Gasteiger partial charge in [-0.2, -0.15) is 0 Å². The first-order valence-corrected chi connectivity index (χ1v) is 8.64. The van der Waals surface area contributed by atoms with Crippen LogP contribution in [0, 0.1) is 0 Å². The average Bonchev–Trinajstić information content (AvgIpc) is 2.74. The lowest BCUT2D eigenvalue weighted by Gasteiger charge is -1.98. The first-order chi connectivity index (χ1) is 14.3. The van der Waals surface area contributed by atoms with E-state index < -0.39 is 17.9 Å². The summed E-state index contributed by atoms with van der Waals surface area (Å²) in [6.07, 6.45) is 2.68. The molecule has 9 heteroatoms. The molecule has 0 spiro atoms. The summed E-state index contributed by atoms with van der Waals surface area (Å²) >= 11 is 0. The molecular formula is C21H24O9. The van der Waals surface area contributed by atoms with E-state index >= 15 is 0 Å². The minimum absolute atomic E-state index is 0.0278. The molecule has 5 N–H and O–H groups in total. The van der Waals surface area contributed by atoms with E-state index in [0.717, 1.165) is 11.6 Å². The summed E-state index contributed by atoms with van der Waals surface area (Å²) in [4.78, 5) is 31.0. The second-order valence-corrected chi connectivity index (χ2v) is 5.30. The molecule has 0 aliphatic rings. The highest BCUT2D eigenvalue weighted by molar-refractivity contribution is 6.01. The smallest absolute Gasteiger partial charge is 0.336 e. The highest BCUT2D eigenvalue weighted by Crippen LogP contribution is 2.07. The molecule has 0 unspecified atom stereocenters. The molecule has 0 bridgehead atoms. The molecule has 0 aliphatic heterocycles. The van der Waals surface area contributed by atoms with Gasteiger partial charge in [0.1, 0.15) is 0 Å². The third-order valence-electron chi connectivity index (χ3n) is 3.08. The van der Waals surface area contributed by atoms with Crippen LogP contribution in [0.3, 0.4) is 0 Å². The van der Waals surface area contributed by atoms with Crippen LogP contribution in [0.2, 0.25) is 0 Å². The second-order valence-electron chi connectivity index (χ2n) is 5.30. The Kier molecular flexibility index (Phi) is 14.5.